The number of sulfone groups is 1. The van der Waals surface area contributed by atoms with E-state index in [9.17, 15) is 8.42 Å². The van der Waals surface area contributed by atoms with Gasteiger partial charge in [-0.15, -0.1) is 24.0 Å². The highest BCUT2D eigenvalue weighted by atomic mass is 127. The fraction of sp³-hybridized carbons (Fsp3) is 0.533. The highest BCUT2D eigenvalue weighted by Crippen LogP contribution is 2.18. The molecule has 0 aromatic heterocycles. The van der Waals surface area contributed by atoms with Crippen LogP contribution in [0.3, 0.4) is 0 Å². The van der Waals surface area contributed by atoms with E-state index in [2.05, 4.69) is 15.6 Å². The molecule has 1 aromatic carbocycles. The van der Waals surface area contributed by atoms with Gasteiger partial charge in [-0.05, 0) is 44.0 Å². The van der Waals surface area contributed by atoms with Crippen LogP contribution < -0.4 is 15.4 Å². The van der Waals surface area contributed by atoms with E-state index in [4.69, 9.17) is 4.74 Å². The number of guanidine groups is 1. The highest BCUT2D eigenvalue weighted by molar-refractivity contribution is 14.0. The normalized spacial score (nSPS) is 14.8. The van der Waals surface area contributed by atoms with E-state index in [-0.39, 0.29) is 24.0 Å². The van der Waals surface area contributed by atoms with Crippen molar-refractivity contribution in [2.45, 2.75) is 30.7 Å². The van der Waals surface area contributed by atoms with Crippen molar-refractivity contribution in [1.29, 1.82) is 0 Å². The maximum absolute atomic E-state index is 11.4. The third kappa shape index (κ3) is 7.38. The number of hydrogen-bond acceptors (Lipinski definition) is 4. The van der Waals surface area contributed by atoms with Crippen molar-refractivity contribution in [1.82, 2.24) is 10.6 Å². The first-order valence-corrected chi connectivity index (χ1v) is 9.36. The molecule has 2 N–H and O–H groups in total. The van der Waals surface area contributed by atoms with Crippen molar-refractivity contribution in [3.05, 3.63) is 24.3 Å². The second kappa shape index (κ2) is 9.31. The van der Waals surface area contributed by atoms with Gasteiger partial charge in [0, 0.05) is 18.8 Å². The van der Waals surface area contributed by atoms with E-state index >= 15 is 0 Å². The summed E-state index contributed by atoms with van der Waals surface area (Å²) in [7, 11) is -3.16. The van der Waals surface area contributed by atoms with Crippen molar-refractivity contribution in [2.75, 3.05) is 26.0 Å². The van der Waals surface area contributed by atoms with E-state index in [1.54, 1.807) is 24.3 Å². The zero-order valence-electron chi connectivity index (χ0n) is 13.4. The van der Waals surface area contributed by atoms with Gasteiger partial charge in [0.2, 0.25) is 0 Å². The Morgan fingerprint density at radius 1 is 1.30 bits per heavy atom. The molecule has 1 aromatic rings. The van der Waals surface area contributed by atoms with Gasteiger partial charge >= 0.3 is 0 Å². The topological polar surface area (TPSA) is 79.8 Å². The Morgan fingerprint density at radius 2 is 1.96 bits per heavy atom. The van der Waals surface area contributed by atoms with E-state index in [0.29, 0.717) is 29.8 Å². The molecular formula is C15H24IN3O3S. The number of nitrogens with zero attached hydrogens (tertiary/aromatic N) is 1. The monoisotopic (exact) mass is 453 g/mol. The summed E-state index contributed by atoms with van der Waals surface area (Å²) < 4.78 is 28.3. The molecule has 2 rings (SSSR count). The minimum atomic E-state index is -3.16. The molecule has 1 saturated carbocycles. The molecule has 0 radical (unpaired) electrons. The smallest absolute Gasteiger partial charge is 0.191 e. The van der Waals surface area contributed by atoms with E-state index in [1.807, 2.05) is 6.92 Å². The van der Waals surface area contributed by atoms with E-state index < -0.39 is 9.84 Å². The zero-order chi connectivity index (χ0) is 16.0. The third-order valence-electron chi connectivity index (χ3n) is 3.14. The van der Waals surface area contributed by atoms with Gasteiger partial charge in [-0.3, -0.25) is 0 Å². The minimum Gasteiger partial charge on any atom is -0.492 e. The van der Waals surface area contributed by atoms with Gasteiger partial charge < -0.3 is 15.4 Å². The average molecular weight is 453 g/mol. The molecule has 23 heavy (non-hydrogen) atoms. The van der Waals surface area contributed by atoms with Crippen LogP contribution in [0.4, 0.5) is 0 Å². The molecule has 0 spiro atoms. The molecule has 0 unspecified atom stereocenters. The van der Waals surface area contributed by atoms with Gasteiger partial charge in [0.1, 0.15) is 12.4 Å². The van der Waals surface area contributed by atoms with Gasteiger partial charge in [0.25, 0.3) is 0 Å². The van der Waals surface area contributed by atoms with Crippen molar-refractivity contribution >= 4 is 39.8 Å². The fourth-order valence-electron chi connectivity index (χ4n) is 1.85. The first kappa shape index (κ1) is 20.0. The average Bonchev–Trinajstić information content (AvgIpc) is 3.27. The number of nitrogens with one attached hydrogen (secondary N) is 2. The predicted molar refractivity (Wildman–Crippen MR) is 103 cm³/mol. The lowest BCUT2D eigenvalue weighted by Crippen LogP contribution is -2.38. The molecule has 8 heteroatoms. The predicted octanol–water partition coefficient (Wildman–Crippen LogP) is 1.80. The zero-order valence-corrected chi connectivity index (χ0v) is 16.6. The molecule has 0 heterocycles. The van der Waals surface area contributed by atoms with Crippen molar-refractivity contribution in [2.24, 2.45) is 4.99 Å². The largest absolute Gasteiger partial charge is 0.492 e. The Hall–Kier alpha value is -1.03. The molecule has 1 aliphatic rings. The quantitative estimate of drug-likeness (QED) is 0.285. The number of hydrogen-bond donors (Lipinski definition) is 2. The Bertz CT molecular complexity index is 613. The van der Waals surface area contributed by atoms with Crippen LogP contribution in [0.15, 0.2) is 34.2 Å². The molecule has 0 atom stereocenters. The summed E-state index contributed by atoms with van der Waals surface area (Å²) in [5.74, 6) is 1.46. The van der Waals surface area contributed by atoms with Crippen molar-refractivity contribution in [3.8, 4) is 5.75 Å². The van der Waals surface area contributed by atoms with E-state index in [0.717, 1.165) is 12.5 Å². The Labute approximate surface area is 155 Å². The van der Waals surface area contributed by atoms with Crippen LogP contribution >= 0.6 is 24.0 Å². The second-order valence-electron chi connectivity index (χ2n) is 5.27. The summed E-state index contributed by atoms with van der Waals surface area (Å²) in [6.45, 7) is 3.84. The maximum atomic E-state index is 11.4. The maximum Gasteiger partial charge on any atom is 0.191 e. The fourth-order valence-corrected chi connectivity index (χ4v) is 2.48. The van der Waals surface area contributed by atoms with Gasteiger partial charge in [0.05, 0.1) is 11.4 Å². The first-order chi connectivity index (χ1) is 10.5. The SMILES string of the molecule is CCNC(=NCCOc1ccc(S(C)(=O)=O)cc1)NC1CC1.I. The van der Waals surface area contributed by atoms with Crippen LogP contribution in [-0.4, -0.2) is 46.4 Å². The molecule has 0 aliphatic heterocycles. The van der Waals surface area contributed by atoms with Gasteiger partial charge in [-0.2, -0.15) is 0 Å². The lowest BCUT2D eigenvalue weighted by atomic mass is 10.3. The summed E-state index contributed by atoms with van der Waals surface area (Å²) >= 11 is 0. The number of benzene rings is 1. The molecule has 130 valence electrons. The summed E-state index contributed by atoms with van der Waals surface area (Å²) in [6.07, 6.45) is 3.59. The summed E-state index contributed by atoms with van der Waals surface area (Å²) in [4.78, 5) is 4.73. The molecule has 6 nitrogen and oxygen atoms in total. The summed E-state index contributed by atoms with van der Waals surface area (Å²) in [6, 6.07) is 6.98. The van der Waals surface area contributed by atoms with Crippen molar-refractivity contribution in [3.63, 3.8) is 0 Å². The summed E-state index contributed by atoms with van der Waals surface area (Å²) in [5, 5.41) is 6.52. The van der Waals surface area contributed by atoms with Crippen LogP contribution in [0, 0.1) is 0 Å². The molecule has 0 amide bonds. The molecule has 0 saturated heterocycles. The van der Waals surface area contributed by atoms with Crippen molar-refractivity contribution < 1.29 is 13.2 Å². The van der Waals surface area contributed by atoms with Gasteiger partial charge in [-0.25, -0.2) is 13.4 Å². The summed E-state index contributed by atoms with van der Waals surface area (Å²) in [5.41, 5.74) is 0. The van der Waals surface area contributed by atoms with Crippen LogP contribution in [0.5, 0.6) is 5.75 Å². The van der Waals surface area contributed by atoms with Crippen LogP contribution in [0.1, 0.15) is 19.8 Å². The standard InChI is InChI=1S/C15H23N3O3S.HI/c1-3-16-15(18-12-4-5-12)17-10-11-21-13-6-8-14(9-7-13)22(2,19)20;/h6-9,12H,3-5,10-11H2,1-2H3,(H2,16,17,18);1H. The van der Waals surface area contributed by atoms with Crippen LogP contribution in [0.25, 0.3) is 0 Å². The molecule has 1 aliphatic carbocycles. The number of aliphatic imine (C=N–C) groups is 1. The Balaban J connectivity index is 0.00000264. The highest BCUT2D eigenvalue weighted by Gasteiger charge is 2.21. The molecule has 0 bridgehead atoms. The lowest BCUT2D eigenvalue weighted by Gasteiger charge is -2.10. The molecule has 1 fully saturated rings. The number of ether oxygens (including phenoxy) is 1. The molecular weight excluding hydrogens is 429 g/mol. The minimum absolute atomic E-state index is 0. The first-order valence-electron chi connectivity index (χ1n) is 7.47. The van der Waals surface area contributed by atoms with E-state index in [1.165, 1.54) is 19.1 Å². The van der Waals surface area contributed by atoms with Gasteiger partial charge in [0.15, 0.2) is 15.8 Å². The van der Waals surface area contributed by atoms with Crippen LogP contribution in [0.2, 0.25) is 0 Å². The number of halogens is 1. The second-order valence-corrected chi connectivity index (χ2v) is 7.29. The number of rotatable bonds is 7. The van der Waals surface area contributed by atoms with Crippen LogP contribution in [-0.2, 0) is 9.84 Å². The lowest BCUT2D eigenvalue weighted by molar-refractivity contribution is 0.328. The third-order valence-corrected chi connectivity index (χ3v) is 4.27. The Morgan fingerprint density at radius 3 is 2.48 bits per heavy atom. The Kier molecular flexibility index (Phi) is 8.10. The van der Waals surface area contributed by atoms with Gasteiger partial charge in [-0.1, -0.05) is 0 Å².